The van der Waals surface area contributed by atoms with Gasteiger partial charge in [0.1, 0.15) is 42.7 Å². The van der Waals surface area contributed by atoms with E-state index >= 15 is 0 Å². The zero-order chi connectivity index (χ0) is 26.5. The molecule has 0 spiro atoms. The number of rotatable bonds is 16. The van der Waals surface area contributed by atoms with Gasteiger partial charge in [-0.1, -0.05) is 48.5 Å². The second-order valence-electron chi connectivity index (χ2n) is 8.89. The highest BCUT2D eigenvalue weighted by Gasteiger charge is 2.22. The Morgan fingerprint density at radius 1 is 0.730 bits per heavy atom. The van der Waals surface area contributed by atoms with Gasteiger partial charge in [-0.3, -0.25) is 4.90 Å². The molecule has 3 aromatic rings. The average Bonchev–Trinajstić information content (AvgIpc) is 2.91. The van der Waals surface area contributed by atoms with Crippen LogP contribution in [0.15, 0.2) is 84.9 Å². The Bertz CT molecular complexity index is 995. The fourth-order valence-corrected chi connectivity index (χ4v) is 3.84. The first-order valence-corrected chi connectivity index (χ1v) is 12.3. The molecule has 3 atom stereocenters. The van der Waals surface area contributed by atoms with Gasteiger partial charge in [-0.05, 0) is 55.3 Å². The van der Waals surface area contributed by atoms with E-state index in [0.29, 0.717) is 36.8 Å². The first-order valence-electron chi connectivity index (χ1n) is 12.3. The van der Waals surface area contributed by atoms with Crippen LogP contribution in [0.5, 0.6) is 17.2 Å². The quantitative estimate of drug-likeness (QED) is 0.270. The number of aliphatic hydroxyl groups excluding tert-OH is 2. The largest absolute Gasteiger partial charge is 0.491 e. The van der Waals surface area contributed by atoms with Crippen molar-refractivity contribution in [1.82, 2.24) is 4.90 Å². The zero-order valence-corrected chi connectivity index (χ0v) is 21.0. The molecule has 3 N–H and O–H groups in total. The Morgan fingerprint density at radius 3 is 1.65 bits per heavy atom. The van der Waals surface area contributed by atoms with Crippen LogP contribution in [0.1, 0.15) is 12.5 Å². The minimum atomic E-state index is -1.03. The van der Waals surface area contributed by atoms with E-state index in [4.69, 9.17) is 19.3 Å². The fraction of sp³-hybridized carbons (Fsp3) is 0.345. The van der Waals surface area contributed by atoms with Gasteiger partial charge in [0.25, 0.3) is 0 Å². The van der Waals surface area contributed by atoms with Crippen molar-refractivity contribution in [2.24, 2.45) is 0 Å². The van der Waals surface area contributed by atoms with E-state index in [1.54, 1.807) is 12.1 Å². The molecule has 0 fully saturated rings. The molecule has 0 amide bonds. The lowest BCUT2D eigenvalue weighted by atomic mass is 10.0. The standard InChI is InChI=1S/C29H35NO7/c1-22(16-23-12-14-28(15-13-23)37-21-29(33)34)30(17-24(31)19-35-26-8-4-2-5-9-26)18-25(32)20-36-27-10-6-3-7-11-27/h2-15,22,24-25,31-32H,16-21H2,1H3,(H,33,34). The maximum Gasteiger partial charge on any atom is 0.341 e. The van der Waals surface area contributed by atoms with E-state index in [2.05, 4.69) is 0 Å². The van der Waals surface area contributed by atoms with Gasteiger partial charge in [0.2, 0.25) is 0 Å². The lowest BCUT2D eigenvalue weighted by Crippen LogP contribution is -2.46. The van der Waals surface area contributed by atoms with Gasteiger partial charge in [-0.25, -0.2) is 4.79 Å². The van der Waals surface area contributed by atoms with Crippen molar-refractivity contribution in [3.05, 3.63) is 90.5 Å². The summed E-state index contributed by atoms with van der Waals surface area (Å²) < 4.78 is 16.6. The highest BCUT2D eigenvalue weighted by molar-refractivity contribution is 5.68. The topological polar surface area (TPSA) is 109 Å². The number of para-hydroxylation sites is 2. The molecule has 0 aliphatic rings. The summed E-state index contributed by atoms with van der Waals surface area (Å²) in [5, 5.41) is 30.2. The van der Waals surface area contributed by atoms with Crippen LogP contribution >= 0.6 is 0 Å². The highest BCUT2D eigenvalue weighted by Crippen LogP contribution is 2.17. The molecule has 8 heteroatoms. The molecule has 198 valence electrons. The summed E-state index contributed by atoms with van der Waals surface area (Å²) in [5.74, 6) is 0.820. The number of benzene rings is 3. The number of nitrogens with zero attached hydrogens (tertiary/aromatic N) is 1. The Balaban J connectivity index is 1.59. The van der Waals surface area contributed by atoms with Gasteiger partial charge in [0, 0.05) is 19.1 Å². The third-order valence-corrected chi connectivity index (χ3v) is 5.70. The van der Waals surface area contributed by atoms with Crippen molar-refractivity contribution >= 4 is 5.97 Å². The van der Waals surface area contributed by atoms with E-state index < -0.39 is 24.8 Å². The number of aliphatic hydroxyl groups is 2. The van der Waals surface area contributed by atoms with E-state index in [0.717, 1.165) is 5.56 Å². The average molecular weight is 510 g/mol. The van der Waals surface area contributed by atoms with Crippen LogP contribution in [-0.4, -0.2) is 77.3 Å². The fourth-order valence-electron chi connectivity index (χ4n) is 3.84. The molecule has 0 heterocycles. The van der Waals surface area contributed by atoms with E-state index in [-0.39, 0.29) is 19.3 Å². The summed E-state index contributed by atoms with van der Waals surface area (Å²) in [6.07, 6.45) is -0.883. The predicted molar refractivity (Wildman–Crippen MR) is 140 cm³/mol. The van der Waals surface area contributed by atoms with Gasteiger partial charge in [-0.2, -0.15) is 0 Å². The molecule has 0 aliphatic carbocycles. The molecule has 3 unspecified atom stereocenters. The second-order valence-corrected chi connectivity index (χ2v) is 8.89. The molecule has 37 heavy (non-hydrogen) atoms. The first kappa shape index (κ1) is 28.0. The Morgan fingerprint density at radius 2 is 1.19 bits per heavy atom. The van der Waals surface area contributed by atoms with Crippen LogP contribution in [0.2, 0.25) is 0 Å². The number of hydrogen-bond donors (Lipinski definition) is 3. The summed E-state index contributed by atoms with van der Waals surface area (Å²) in [5.41, 5.74) is 1.02. The smallest absolute Gasteiger partial charge is 0.341 e. The van der Waals surface area contributed by atoms with E-state index in [9.17, 15) is 15.0 Å². The van der Waals surface area contributed by atoms with Crippen LogP contribution in [0, 0.1) is 0 Å². The van der Waals surface area contributed by atoms with Crippen molar-refractivity contribution in [3.63, 3.8) is 0 Å². The van der Waals surface area contributed by atoms with Gasteiger partial charge >= 0.3 is 5.97 Å². The molecular formula is C29H35NO7. The number of ether oxygens (including phenoxy) is 3. The molecule has 0 aromatic heterocycles. The summed E-state index contributed by atoms with van der Waals surface area (Å²) in [6.45, 7) is 2.49. The molecular weight excluding hydrogens is 474 g/mol. The Labute approximate surface area is 217 Å². The van der Waals surface area contributed by atoms with Crippen molar-refractivity contribution in [3.8, 4) is 17.2 Å². The summed E-state index contributed by atoms with van der Waals surface area (Å²) >= 11 is 0. The Hall–Kier alpha value is -3.59. The van der Waals surface area contributed by atoms with Crippen molar-refractivity contribution in [2.45, 2.75) is 31.6 Å². The molecule has 0 aliphatic heterocycles. The van der Waals surface area contributed by atoms with Gasteiger partial charge < -0.3 is 29.5 Å². The zero-order valence-electron chi connectivity index (χ0n) is 21.0. The predicted octanol–water partition coefficient (Wildman–Crippen LogP) is 3.26. The molecule has 3 rings (SSSR count). The molecule has 0 radical (unpaired) electrons. The van der Waals surface area contributed by atoms with Crippen molar-refractivity contribution in [1.29, 1.82) is 0 Å². The van der Waals surface area contributed by atoms with Crippen LogP contribution in [0.25, 0.3) is 0 Å². The van der Waals surface area contributed by atoms with Gasteiger partial charge in [0.15, 0.2) is 6.61 Å². The maximum atomic E-state index is 10.7. The van der Waals surface area contributed by atoms with Crippen LogP contribution in [0.4, 0.5) is 0 Å². The summed E-state index contributed by atoms with van der Waals surface area (Å²) in [4.78, 5) is 12.7. The number of carboxylic acids is 1. The van der Waals surface area contributed by atoms with Crippen LogP contribution < -0.4 is 14.2 Å². The van der Waals surface area contributed by atoms with E-state index in [1.165, 1.54) is 0 Å². The summed E-state index contributed by atoms with van der Waals surface area (Å²) in [7, 11) is 0. The van der Waals surface area contributed by atoms with Crippen LogP contribution in [-0.2, 0) is 11.2 Å². The lowest BCUT2D eigenvalue weighted by Gasteiger charge is -2.32. The monoisotopic (exact) mass is 509 g/mol. The molecule has 0 saturated carbocycles. The SMILES string of the molecule is CC(Cc1ccc(OCC(=O)O)cc1)N(CC(O)COc1ccccc1)CC(O)COc1ccccc1. The third kappa shape index (κ3) is 10.5. The molecule has 3 aromatic carbocycles. The lowest BCUT2D eigenvalue weighted by molar-refractivity contribution is -0.139. The van der Waals surface area contributed by atoms with Crippen LogP contribution in [0.3, 0.4) is 0 Å². The minimum absolute atomic E-state index is 0.0245. The van der Waals surface area contributed by atoms with Crippen molar-refractivity contribution < 1.29 is 34.3 Å². The van der Waals surface area contributed by atoms with Crippen molar-refractivity contribution in [2.75, 3.05) is 32.9 Å². The first-order chi connectivity index (χ1) is 17.9. The number of hydrogen-bond acceptors (Lipinski definition) is 7. The number of carboxylic acid groups (broad SMARTS) is 1. The minimum Gasteiger partial charge on any atom is -0.491 e. The van der Waals surface area contributed by atoms with E-state index in [1.807, 2.05) is 84.6 Å². The Kier molecular flexibility index (Phi) is 11.2. The number of aliphatic carboxylic acids is 1. The van der Waals surface area contributed by atoms with Gasteiger partial charge in [-0.15, -0.1) is 0 Å². The highest BCUT2D eigenvalue weighted by atomic mass is 16.5. The molecule has 0 saturated heterocycles. The second kappa shape index (κ2) is 14.8. The normalized spacial score (nSPS) is 13.5. The molecule has 0 bridgehead atoms. The van der Waals surface area contributed by atoms with Gasteiger partial charge in [0.05, 0.1) is 0 Å². The number of carbonyl (C=O) groups is 1. The third-order valence-electron chi connectivity index (χ3n) is 5.70. The summed E-state index contributed by atoms with van der Waals surface area (Å²) in [6, 6.07) is 25.8. The maximum absolute atomic E-state index is 10.7. The molecule has 8 nitrogen and oxygen atoms in total.